The van der Waals surface area contributed by atoms with Gasteiger partial charge in [0.25, 0.3) is 0 Å². The fourth-order valence-corrected chi connectivity index (χ4v) is 3.27. The number of anilines is 1. The van der Waals surface area contributed by atoms with Gasteiger partial charge in [0.1, 0.15) is 5.82 Å². The van der Waals surface area contributed by atoms with Gasteiger partial charge in [-0.05, 0) is 48.2 Å². The molecule has 6 heteroatoms. The van der Waals surface area contributed by atoms with Gasteiger partial charge < -0.3 is 15.2 Å². The third kappa shape index (κ3) is 3.91. The Morgan fingerprint density at radius 1 is 1.04 bits per heavy atom. The zero-order valence-corrected chi connectivity index (χ0v) is 14.2. The molecule has 3 rings (SSSR count). The molecular formula is C20H20FNO4. The summed E-state index contributed by atoms with van der Waals surface area (Å²) in [4.78, 5) is 23.8. The van der Waals surface area contributed by atoms with E-state index in [9.17, 15) is 14.0 Å². The molecular weight excluding hydrogens is 337 g/mol. The summed E-state index contributed by atoms with van der Waals surface area (Å²) < 4.78 is 18.7. The van der Waals surface area contributed by atoms with Gasteiger partial charge in [0.05, 0.1) is 11.8 Å². The van der Waals surface area contributed by atoms with E-state index in [-0.39, 0.29) is 18.1 Å². The Morgan fingerprint density at radius 3 is 2.23 bits per heavy atom. The van der Waals surface area contributed by atoms with Crippen LogP contribution < -0.4 is 5.32 Å². The monoisotopic (exact) mass is 357 g/mol. The van der Waals surface area contributed by atoms with Crippen molar-refractivity contribution in [3.63, 3.8) is 0 Å². The SMILES string of the molecule is O=C(O)Cc1ccc(NC(=O)C2(c3ccc(F)cc3)CCOCC2)cc1. The second kappa shape index (κ2) is 7.66. The predicted octanol–water partition coefficient (Wildman–Crippen LogP) is 3.14. The van der Waals surface area contributed by atoms with Gasteiger partial charge in [-0.2, -0.15) is 0 Å². The predicted molar refractivity (Wildman–Crippen MR) is 94.5 cm³/mol. The fourth-order valence-electron chi connectivity index (χ4n) is 3.27. The van der Waals surface area contributed by atoms with Crippen LogP contribution in [0.1, 0.15) is 24.0 Å². The maximum Gasteiger partial charge on any atom is 0.307 e. The molecule has 1 saturated heterocycles. The van der Waals surface area contributed by atoms with E-state index in [4.69, 9.17) is 9.84 Å². The molecule has 1 aliphatic heterocycles. The Labute approximate surface area is 150 Å². The number of nitrogens with one attached hydrogen (secondary N) is 1. The lowest BCUT2D eigenvalue weighted by atomic mass is 9.73. The smallest absolute Gasteiger partial charge is 0.307 e. The summed E-state index contributed by atoms with van der Waals surface area (Å²) in [5.41, 5.74) is 1.25. The molecule has 0 aromatic heterocycles. The van der Waals surface area contributed by atoms with Crippen molar-refractivity contribution >= 4 is 17.6 Å². The standard InChI is InChI=1S/C20H20FNO4/c21-16-5-3-15(4-6-16)20(9-11-26-12-10-20)19(25)22-17-7-1-14(2-8-17)13-18(23)24/h1-8H,9-13H2,(H,22,25)(H,23,24). The van der Waals surface area contributed by atoms with Crippen molar-refractivity contribution in [2.45, 2.75) is 24.7 Å². The topological polar surface area (TPSA) is 75.6 Å². The van der Waals surface area contributed by atoms with Crippen molar-refractivity contribution in [2.75, 3.05) is 18.5 Å². The zero-order chi connectivity index (χ0) is 18.6. The average Bonchev–Trinajstić information content (AvgIpc) is 2.64. The maximum absolute atomic E-state index is 13.3. The Bertz CT molecular complexity index is 780. The van der Waals surface area contributed by atoms with E-state index in [0.29, 0.717) is 37.3 Å². The van der Waals surface area contributed by atoms with Gasteiger partial charge in [-0.25, -0.2) is 4.39 Å². The van der Waals surface area contributed by atoms with Crippen LogP contribution in [0.2, 0.25) is 0 Å². The third-order valence-corrected chi connectivity index (χ3v) is 4.74. The second-order valence-electron chi connectivity index (χ2n) is 6.42. The summed E-state index contributed by atoms with van der Waals surface area (Å²) >= 11 is 0. The number of ether oxygens (including phenoxy) is 1. The van der Waals surface area contributed by atoms with Crippen molar-refractivity contribution in [1.29, 1.82) is 0 Å². The van der Waals surface area contributed by atoms with Crippen LogP contribution in [-0.2, 0) is 26.2 Å². The number of amides is 1. The molecule has 2 N–H and O–H groups in total. The summed E-state index contributed by atoms with van der Waals surface area (Å²) in [6.45, 7) is 0.921. The van der Waals surface area contributed by atoms with Gasteiger partial charge in [0.15, 0.2) is 0 Å². The molecule has 1 fully saturated rings. The van der Waals surface area contributed by atoms with E-state index in [0.717, 1.165) is 5.56 Å². The summed E-state index contributed by atoms with van der Waals surface area (Å²) in [6, 6.07) is 12.8. The first kappa shape index (κ1) is 18.1. The number of hydrogen-bond donors (Lipinski definition) is 2. The maximum atomic E-state index is 13.3. The lowest BCUT2D eigenvalue weighted by molar-refractivity contribution is -0.136. The van der Waals surface area contributed by atoms with Crippen molar-refractivity contribution in [3.05, 3.63) is 65.5 Å². The molecule has 1 aliphatic rings. The Hall–Kier alpha value is -2.73. The minimum absolute atomic E-state index is 0.0644. The molecule has 0 bridgehead atoms. The first-order valence-corrected chi connectivity index (χ1v) is 8.46. The van der Waals surface area contributed by atoms with Crippen LogP contribution in [0.4, 0.5) is 10.1 Å². The van der Waals surface area contributed by atoms with Crippen LogP contribution in [0.5, 0.6) is 0 Å². The number of halogens is 1. The highest BCUT2D eigenvalue weighted by Crippen LogP contribution is 2.36. The third-order valence-electron chi connectivity index (χ3n) is 4.74. The highest BCUT2D eigenvalue weighted by Gasteiger charge is 2.41. The molecule has 26 heavy (non-hydrogen) atoms. The fraction of sp³-hybridized carbons (Fsp3) is 0.300. The highest BCUT2D eigenvalue weighted by atomic mass is 19.1. The molecule has 0 radical (unpaired) electrons. The van der Waals surface area contributed by atoms with E-state index < -0.39 is 11.4 Å². The Kier molecular flexibility index (Phi) is 5.32. The molecule has 0 unspecified atom stereocenters. The summed E-state index contributed by atoms with van der Waals surface area (Å²) in [6.07, 6.45) is 0.966. The van der Waals surface area contributed by atoms with Crippen LogP contribution in [0.15, 0.2) is 48.5 Å². The van der Waals surface area contributed by atoms with Gasteiger partial charge in [0.2, 0.25) is 5.91 Å². The van der Waals surface area contributed by atoms with Gasteiger partial charge in [-0.1, -0.05) is 24.3 Å². The van der Waals surface area contributed by atoms with Gasteiger partial charge in [-0.15, -0.1) is 0 Å². The normalized spacial score (nSPS) is 16.0. The van der Waals surface area contributed by atoms with Gasteiger partial charge >= 0.3 is 5.97 Å². The molecule has 1 heterocycles. The van der Waals surface area contributed by atoms with Gasteiger partial charge in [-0.3, -0.25) is 9.59 Å². The molecule has 0 spiro atoms. The molecule has 1 amide bonds. The number of benzene rings is 2. The summed E-state index contributed by atoms with van der Waals surface area (Å²) in [7, 11) is 0. The van der Waals surface area contributed by atoms with Crippen LogP contribution in [0.3, 0.4) is 0 Å². The van der Waals surface area contributed by atoms with E-state index in [1.165, 1.54) is 12.1 Å². The van der Waals surface area contributed by atoms with E-state index in [2.05, 4.69) is 5.32 Å². The van der Waals surface area contributed by atoms with E-state index in [1.807, 2.05) is 0 Å². The van der Waals surface area contributed by atoms with Crippen LogP contribution >= 0.6 is 0 Å². The van der Waals surface area contributed by atoms with Crippen molar-refractivity contribution < 1.29 is 23.8 Å². The number of carbonyl (C=O) groups excluding carboxylic acids is 1. The molecule has 0 aliphatic carbocycles. The number of carbonyl (C=O) groups is 2. The van der Waals surface area contributed by atoms with Crippen LogP contribution in [-0.4, -0.2) is 30.2 Å². The lowest BCUT2D eigenvalue weighted by Gasteiger charge is -2.36. The minimum Gasteiger partial charge on any atom is -0.481 e. The lowest BCUT2D eigenvalue weighted by Crippen LogP contribution is -2.44. The number of aliphatic carboxylic acids is 1. The number of carboxylic acid groups (broad SMARTS) is 1. The molecule has 136 valence electrons. The van der Waals surface area contributed by atoms with E-state index >= 15 is 0 Å². The number of carboxylic acids is 1. The van der Waals surface area contributed by atoms with Crippen molar-refractivity contribution in [3.8, 4) is 0 Å². The quantitative estimate of drug-likeness (QED) is 0.862. The first-order valence-electron chi connectivity index (χ1n) is 8.46. The largest absolute Gasteiger partial charge is 0.481 e. The number of hydrogen-bond acceptors (Lipinski definition) is 3. The zero-order valence-electron chi connectivity index (χ0n) is 14.2. The van der Waals surface area contributed by atoms with Crippen molar-refractivity contribution in [2.24, 2.45) is 0 Å². The highest BCUT2D eigenvalue weighted by molar-refractivity contribution is 5.99. The summed E-state index contributed by atoms with van der Waals surface area (Å²) in [5, 5.41) is 11.7. The van der Waals surface area contributed by atoms with Crippen molar-refractivity contribution in [1.82, 2.24) is 0 Å². The first-order chi connectivity index (χ1) is 12.5. The molecule has 5 nitrogen and oxygen atoms in total. The number of rotatable bonds is 5. The Balaban J connectivity index is 1.82. The molecule has 2 aromatic carbocycles. The van der Waals surface area contributed by atoms with Gasteiger partial charge in [0, 0.05) is 18.9 Å². The summed E-state index contributed by atoms with van der Waals surface area (Å²) in [5.74, 6) is -1.41. The van der Waals surface area contributed by atoms with E-state index in [1.54, 1.807) is 36.4 Å². The molecule has 2 aromatic rings. The van der Waals surface area contributed by atoms with Crippen LogP contribution in [0.25, 0.3) is 0 Å². The average molecular weight is 357 g/mol. The van der Waals surface area contributed by atoms with Crippen LogP contribution in [0, 0.1) is 5.82 Å². The second-order valence-corrected chi connectivity index (χ2v) is 6.42. The minimum atomic E-state index is -0.903. The molecule has 0 saturated carbocycles. The Morgan fingerprint density at radius 2 is 1.65 bits per heavy atom. The molecule has 0 atom stereocenters.